The number of nitrogens with zero attached hydrogens (tertiary/aromatic N) is 2. The number of aromatic nitrogens is 2. The first-order valence-electron chi connectivity index (χ1n) is 7.69. The van der Waals surface area contributed by atoms with E-state index in [-0.39, 0.29) is 16.7 Å². The number of hydrogen-bond acceptors (Lipinski definition) is 7. The maximum absolute atomic E-state index is 12.1. The fraction of sp³-hybridized carbons (Fsp3) is 0.375. The molecule has 0 saturated carbocycles. The first-order chi connectivity index (χ1) is 11.9. The van der Waals surface area contributed by atoms with E-state index in [0.717, 1.165) is 0 Å². The summed E-state index contributed by atoms with van der Waals surface area (Å²) < 4.78 is 36.7. The predicted molar refractivity (Wildman–Crippen MR) is 94.7 cm³/mol. The Labute approximate surface area is 147 Å². The van der Waals surface area contributed by atoms with Crippen LogP contribution in [0.1, 0.15) is 24.2 Å². The van der Waals surface area contributed by atoms with Gasteiger partial charge in [-0.25, -0.2) is 13.1 Å². The fourth-order valence-corrected chi connectivity index (χ4v) is 3.01. The summed E-state index contributed by atoms with van der Waals surface area (Å²) >= 11 is 0. The van der Waals surface area contributed by atoms with E-state index in [4.69, 9.17) is 9.26 Å². The second-order valence-electron chi connectivity index (χ2n) is 5.39. The van der Waals surface area contributed by atoms with Gasteiger partial charge in [-0.15, -0.1) is 0 Å². The summed E-state index contributed by atoms with van der Waals surface area (Å²) in [7, 11) is 1.01. The average Bonchev–Trinajstić information content (AvgIpc) is 3.06. The van der Waals surface area contributed by atoms with Crippen molar-refractivity contribution in [2.75, 3.05) is 21.2 Å². The van der Waals surface area contributed by atoms with E-state index in [2.05, 4.69) is 20.2 Å². The minimum Gasteiger partial charge on any atom is -0.495 e. The van der Waals surface area contributed by atoms with Crippen LogP contribution in [0.5, 0.6) is 5.75 Å². The fourth-order valence-electron chi connectivity index (χ4n) is 2.08. The van der Waals surface area contributed by atoms with Gasteiger partial charge in [-0.1, -0.05) is 11.2 Å². The van der Waals surface area contributed by atoms with E-state index >= 15 is 0 Å². The summed E-state index contributed by atoms with van der Waals surface area (Å²) in [6.07, 6.45) is 3.99. The first kappa shape index (κ1) is 19.1. The van der Waals surface area contributed by atoms with Gasteiger partial charge in [0.25, 0.3) is 5.89 Å². The maximum atomic E-state index is 12.1. The Morgan fingerprint density at radius 2 is 2.08 bits per heavy atom. The molecule has 136 valence electrons. The molecule has 1 aromatic carbocycles. The topological polar surface area (TPSA) is 106 Å². The SMILES string of the molecule is CNC(C)Cc1noc(/C=C/c2ccc(OC)c(S(=O)(=O)NC)c2)n1. The molecule has 1 aromatic heterocycles. The molecule has 0 bridgehead atoms. The molecule has 25 heavy (non-hydrogen) atoms. The van der Waals surface area contributed by atoms with Crippen LogP contribution in [-0.2, 0) is 16.4 Å². The van der Waals surface area contributed by atoms with Crippen LogP contribution in [0, 0.1) is 0 Å². The van der Waals surface area contributed by atoms with Gasteiger partial charge in [-0.3, -0.25) is 0 Å². The van der Waals surface area contributed by atoms with E-state index < -0.39 is 10.0 Å². The third-order valence-corrected chi connectivity index (χ3v) is 5.07. The Balaban J connectivity index is 2.23. The number of rotatable bonds is 8. The van der Waals surface area contributed by atoms with Gasteiger partial charge in [-0.2, -0.15) is 4.98 Å². The minimum atomic E-state index is -3.63. The third-order valence-electron chi connectivity index (χ3n) is 3.63. The number of ether oxygens (including phenoxy) is 1. The van der Waals surface area contributed by atoms with Crippen LogP contribution < -0.4 is 14.8 Å². The highest BCUT2D eigenvalue weighted by atomic mass is 32.2. The van der Waals surface area contributed by atoms with Crippen molar-refractivity contribution in [3.8, 4) is 5.75 Å². The van der Waals surface area contributed by atoms with Crippen LogP contribution >= 0.6 is 0 Å². The molecule has 1 heterocycles. The van der Waals surface area contributed by atoms with Crippen molar-refractivity contribution in [2.45, 2.75) is 24.3 Å². The lowest BCUT2D eigenvalue weighted by atomic mass is 10.2. The van der Waals surface area contributed by atoms with E-state index in [0.29, 0.717) is 23.7 Å². The van der Waals surface area contributed by atoms with E-state index in [1.54, 1.807) is 24.3 Å². The molecule has 0 radical (unpaired) electrons. The summed E-state index contributed by atoms with van der Waals surface area (Å²) in [4.78, 5) is 4.34. The summed E-state index contributed by atoms with van der Waals surface area (Å²) in [5, 5.41) is 7.01. The van der Waals surface area contributed by atoms with Crippen LogP contribution in [0.25, 0.3) is 12.2 Å². The second-order valence-corrected chi connectivity index (χ2v) is 7.25. The number of benzene rings is 1. The lowest BCUT2D eigenvalue weighted by Crippen LogP contribution is -2.24. The molecule has 0 aliphatic rings. The molecule has 9 heteroatoms. The maximum Gasteiger partial charge on any atom is 0.250 e. The van der Waals surface area contributed by atoms with Crippen LogP contribution in [0.2, 0.25) is 0 Å². The molecule has 2 N–H and O–H groups in total. The molecule has 0 saturated heterocycles. The molecule has 1 unspecified atom stereocenters. The van der Waals surface area contributed by atoms with Crippen LogP contribution in [0.15, 0.2) is 27.6 Å². The molecule has 0 fully saturated rings. The lowest BCUT2D eigenvalue weighted by molar-refractivity contribution is 0.400. The standard InChI is InChI=1S/C16H22N4O4S/c1-11(17-2)9-15-19-16(24-20-15)8-6-12-5-7-13(23-4)14(10-12)25(21,22)18-3/h5-8,10-11,17-18H,9H2,1-4H3/b8-6+. The quantitative estimate of drug-likeness (QED) is 0.725. The van der Waals surface area contributed by atoms with E-state index in [9.17, 15) is 8.42 Å². The van der Waals surface area contributed by atoms with Gasteiger partial charge >= 0.3 is 0 Å². The summed E-state index contributed by atoms with van der Waals surface area (Å²) in [5.74, 6) is 1.23. The molecule has 0 aliphatic heterocycles. The van der Waals surface area contributed by atoms with Crippen LogP contribution in [0.4, 0.5) is 0 Å². The zero-order valence-corrected chi connectivity index (χ0v) is 15.4. The number of methoxy groups -OCH3 is 1. The van der Waals surface area contributed by atoms with Crippen molar-refractivity contribution in [1.29, 1.82) is 0 Å². The van der Waals surface area contributed by atoms with Gasteiger partial charge in [0.05, 0.1) is 7.11 Å². The molecule has 0 amide bonds. The van der Waals surface area contributed by atoms with E-state index in [1.165, 1.54) is 20.2 Å². The number of sulfonamides is 1. The molecule has 2 aromatic rings. The van der Waals surface area contributed by atoms with Gasteiger partial charge in [-0.05, 0) is 44.8 Å². The average molecular weight is 366 g/mol. The molecule has 1 atom stereocenters. The molecular weight excluding hydrogens is 344 g/mol. The van der Waals surface area contributed by atoms with Crippen LogP contribution in [-0.4, -0.2) is 45.8 Å². The van der Waals surface area contributed by atoms with Crippen molar-refractivity contribution >= 4 is 22.2 Å². The highest BCUT2D eigenvalue weighted by Crippen LogP contribution is 2.25. The van der Waals surface area contributed by atoms with Gasteiger partial charge in [0, 0.05) is 18.5 Å². The summed E-state index contributed by atoms with van der Waals surface area (Å²) in [5.41, 5.74) is 0.665. The van der Waals surface area contributed by atoms with Crippen LogP contribution in [0.3, 0.4) is 0 Å². The Kier molecular flexibility index (Phi) is 6.29. The Morgan fingerprint density at radius 3 is 2.72 bits per heavy atom. The smallest absolute Gasteiger partial charge is 0.250 e. The van der Waals surface area contributed by atoms with Crippen molar-refractivity contribution in [1.82, 2.24) is 20.2 Å². The zero-order chi connectivity index (χ0) is 18.4. The number of hydrogen-bond donors (Lipinski definition) is 2. The largest absolute Gasteiger partial charge is 0.495 e. The predicted octanol–water partition coefficient (Wildman–Crippen LogP) is 1.31. The molecule has 0 spiro atoms. The minimum absolute atomic E-state index is 0.0636. The van der Waals surface area contributed by atoms with Crippen molar-refractivity contribution in [3.05, 3.63) is 35.5 Å². The Bertz CT molecular complexity index is 846. The molecule has 0 aliphatic carbocycles. The zero-order valence-electron chi connectivity index (χ0n) is 14.6. The van der Waals surface area contributed by atoms with Gasteiger partial charge < -0.3 is 14.6 Å². The van der Waals surface area contributed by atoms with Crippen molar-refractivity contribution in [3.63, 3.8) is 0 Å². The molecule has 8 nitrogen and oxygen atoms in total. The summed E-state index contributed by atoms with van der Waals surface area (Å²) in [6, 6.07) is 5.09. The van der Waals surface area contributed by atoms with Gasteiger partial charge in [0.1, 0.15) is 10.6 Å². The normalized spacial score (nSPS) is 13.3. The number of likely N-dealkylation sites (N-methyl/N-ethyl adjacent to an activating group) is 1. The van der Waals surface area contributed by atoms with Gasteiger partial charge in [0.2, 0.25) is 10.0 Å². The Hall–Kier alpha value is -2.23. The monoisotopic (exact) mass is 366 g/mol. The highest BCUT2D eigenvalue weighted by Gasteiger charge is 2.17. The van der Waals surface area contributed by atoms with Crippen molar-refractivity contribution in [2.24, 2.45) is 0 Å². The third kappa shape index (κ3) is 4.88. The van der Waals surface area contributed by atoms with E-state index in [1.807, 2.05) is 14.0 Å². The lowest BCUT2D eigenvalue weighted by Gasteiger charge is -2.09. The summed E-state index contributed by atoms with van der Waals surface area (Å²) in [6.45, 7) is 2.02. The second kappa shape index (κ2) is 8.24. The molecule has 2 rings (SSSR count). The van der Waals surface area contributed by atoms with Gasteiger partial charge in [0.15, 0.2) is 5.82 Å². The Morgan fingerprint density at radius 1 is 1.32 bits per heavy atom. The number of nitrogens with one attached hydrogen (secondary N) is 2. The highest BCUT2D eigenvalue weighted by molar-refractivity contribution is 7.89. The van der Waals surface area contributed by atoms with Crippen molar-refractivity contribution < 1.29 is 17.7 Å². The first-order valence-corrected chi connectivity index (χ1v) is 9.17. The molecular formula is C16H22N4O4S.